The molecule has 0 spiro atoms. The average Bonchev–Trinajstić information content (AvgIpc) is 4.01. The van der Waals surface area contributed by atoms with Crippen molar-refractivity contribution in [1.29, 1.82) is 0 Å². The molecule has 3 aromatic heterocycles. The zero-order valence-corrected chi connectivity index (χ0v) is 36.0. The van der Waals surface area contributed by atoms with Crippen LogP contribution >= 0.6 is 0 Å². The van der Waals surface area contributed by atoms with Gasteiger partial charge in [0.15, 0.2) is 8.07 Å². The van der Waals surface area contributed by atoms with Crippen molar-refractivity contribution in [2.45, 2.75) is 0 Å². The largest absolute Gasteiger partial charge is 0.309 e. The molecule has 64 heavy (non-hydrogen) atoms. The number of benzene rings is 10. The van der Waals surface area contributed by atoms with Crippen LogP contribution in [0.15, 0.2) is 249 Å². The molecule has 0 aliphatic rings. The Morgan fingerprint density at radius 1 is 0.250 bits per heavy atom. The van der Waals surface area contributed by atoms with Gasteiger partial charge in [0.2, 0.25) is 0 Å². The maximum atomic E-state index is 2.58. The van der Waals surface area contributed by atoms with Crippen LogP contribution in [0.25, 0.3) is 82.5 Å². The predicted octanol–water partition coefficient (Wildman–Crippen LogP) is 12.4. The van der Waals surface area contributed by atoms with Crippen LogP contribution in [0.1, 0.15) is 0 Å². The highest BCUT2D eigenvalue weighted by Gasteiger charge is 2.42. The summed E-state index contributed by atoms with van der Waals surface area (Å²) in [5.41, 5.74) is 10.5. The van der Waals surface area contributed by atoms with E-state index < -0.39 is 8.07 Å². The highest BCUT2D eigenvalue weighted by molar-refractivity contribution is 7.20. The van der Waals surface area contributed by atoms with Crippen LogP contribution in [0.2, 0.25) is 0 Å². The molecule has 13 rings (SSSR count). The third-order valence-corrected chi connectivity index (χ3v) is 18.3. The molecule has 0 saturated carbocycles. The molecule has 0 aliphatic heterocycles. The molecule has 0 atom stereocenters. The smallest absolute Gasteiger partial charge is 0.179 e. The fourth-order valence-electron chi connectivity index (χ4n) is 11.0. The lowest BCUT2D eigenvalue weighted by molar-refractivity contribution is 1.13. The average molecular weight is 832 g/mol. The summed E-state index contributed by atoms with van der Waals surface area (Å²) in [5.74, 6) is 0. The van der Waals surface area contributed by atoms with Gasteiger partial charge in [-0.1, -0.05) is 194 Å². The van der Waals surface area contributed by atoms with Gasteiger partial charge in [-0.25, -0.2) is 0 Å². The molecule has 0 N–H and O–H groups in total. The van der Waals surface area contributed by atoms with Gasteiger partial charge in [0.05, 0.1) is 44.5 Å². The monoisotopic (exact) mass is 831 g/mol. The molecule has 0 unspecified atom stereocenters. The van der Waals surface area contributed by atoms with Crippen LogP contribution in [0.4, 0.5) is 0 Å². The van der Waals surface area contributed by atoms with E-state index in [-0.39, 0.29) is 0 Å². The van der Waals surface area contributed by atoms with Crippen molar-refractivity contribution in [3.63, 3.8) is 0 Å². The van der Waals surface area contributed by atoms with Crippen LogP contribution in [0, 0.1) is 0 Å². The fraction of sp³-hybridized carbons (Fsp3) is 0. The SMILES string of the molecule is c1ccc(-n2c3ccccc3c3cccc(-n4c5ccccc5c5c(-n6c7ccccc7c7ccccc76)cc([Si](c6ccccc6)(c6ccccc6)c6ccccc6)cc54)c32)cc1. The van der Waals surface area contributed by atoms with E-state index in [1.165, 1.54) is 91.9 Å². The summed E-state index contributed by atoms with van der Waals surface area (Å²) in [7, 11) is -3.04. The molecule has 10 aromatic carbocycles. The Balaban J connectivity index is 1.28. The van der Waals surface area contributed by atoms with Crippen molar-refractivity contribution in [3.8, 4) is 17.1 Å². The summed E-state index contributed by atoms with van der Waals surface area (Å²) in [4.78, 5) is 0. The van der Waals surface area contributed by atoms with Crippen LogP contribution in [-0.2, 0) is 0 Å². The molecule has 3 heterocycles. The highest BCUT2D eigenvalue weighted by atomic mass is 28.3. The first-order valence-corrected chi connectivity index (χ1v) is 24.1. The summed E-state index contributed by atoms with van der Waals surface area (Å²) >= 11 is 0. The van der Waals surface area contributed by atoms with E-state index in [4.69, 9.17) is 0 Å². The Kier molecular flexibility index (Phi) is 8.23. The molecule has 0 fully saturated rings. The van der Waals surface area contributed by atoms with E-state index in [9.17, 15) is 0 Å². The summed E-state index contributed by atoms with van der Waals surface area (Å²) in [6.45, 7) is 0. The van der Waals surface area contributed by atoms with Crippen molar-refractivity contribution in [3.05, 3.63) is 249 Å². The van der Waals surface area contributed by atoms with Gasteiger partial charge < -0.3 is 13.7 Å². The van der Waals surface area contributed by atoms with Crippen molar-refractivity contribution in [1.82, 2.24) is 13.7 Å². The van der Waals surface area contributed by atoms with E-state index in [1.807, 2.05) is 0 Å². The minimum absolute atomic E-state index is 1.14. The molecular weight excluding hydrogens is 791 g/mol. The third kappa shape index (κ3) is 5.21. The van der Waals surface area contributed by atoms with Crippen LogP contribution < -0.4 is 20.7 Å². The number of fused-ring (bicyclic) bond motifs is 9. The number of para-hydroxylation sites is 6. The first kappa shape index (κ1) is 36.5. The van der Waals surface area contributed by atoms with Gasteiger partial charge in [-0.15, -0.1) is 0 Å². The summed E-state index contributed by atoms with van der Waals surface area (Å²) in [6, 6.07) is 92.5. The maximum Gasteiger partial charge on any atom is 0.179 e. The Hall–Kier alpha value is -8.18. The van der Waals surface area contributed by atoms with Crippen molar-refractivity contribution >= 4 is 94.2 Å². The second-order valence-electron chi connectivity index (χ2n) is 16.8. The Bertz CT molecular complexity index is 3730. The van der Waals surface area contributed by atoms with E-state index in [0.29, 0.717) is 0 Å². The van der Waals surface area contributed by atoms with Crippen molar-refractivity contribution in [2.24, 2.45) is 0 Å². The Labute approximate surface area is 372 Å². The van der Waals surface area contributed by atoms with Gasteiger partial charge in [-0.3, -0.25) is 0 Å². The van der Waals surface area contributed by atoms with Crippen molar-refractivity contribution in [2.75, 3.05) is 0 Å². The number of hydrogen-bond acceptors (Lipinski definition) is 0. The molecule has 13 aromatic rings. The maximum absolute atomic E-state index is 3.04. The van der Waals surface area contributed by atoms with Crippen molar-refractivity contribution < 1.29 is 0 Å². The van der Waals surface area contributed by atoms with Gasteiger partial charge >= 0.3 is 0 Å². The lowest BCUT2D eigenvalue weighted by Gasteiger charge is -2.35. The lowest BCUT2D eigenvalue weighted by Crippen LogP contribution is -2.74. The molecular formula is C60H41N3Si. The van der Waals surface area contributed by atoms with E-state index in [0.717, 1.165) is 11.4 Å². The Morgan fingerprint density at radius 2 is 0.641 bits per heavy atom. The van der Waals surface area contributed by atoms with Crippen LogP contribution in [0.5, 0.6) is 0 Å². The zero-order chi connectivity index (χ0) is 42.2. The molecule has 4 heteroatoms. The fourth-order valence-corrected chi connectivity index (χ4v) is 15.8. The molecule has 0 radical (unpaired) electrons. The summed E-state index contributed by atoms with van der Waals surface area (Å²) < 4.78 is 7.59. The van der Waals surface area contributed by atoms with Gasteiger partial charge in [-0.05, 0) is 75.3 Å². The molecule has 0 saturated heterocycles. The minimum Gasteiger partial charge on any atom is -0.309 e. The highest BCUT2D eigenvalue weighted by Crippen LogP contribution is 2.43. The topological polar surface area (TPSA) is 14.8 Å². The predicted molar refractivity (Wildman–Crippen MR) is 273 cm³/mol. The second-order valence-corrected chi connectivity index (χ2v) is 20.6. The van der Waals surface area contributed by atoms with Gasteiger partial charge in [-0.2, -0.15) is 0 Å². The van der Waals surface area contributed by atoms with E-state index in [1.54, 1.807) is 0 Å². The molecule has 3 nitrogen and oxygen atoms in total. The zero-order valence-electron chi connectivity index (χ0n) is 35.0. The number of rotatable bonds is 7. The number of nitrogens with zero attached hydrogens (tertiary/aromatic N) is 3. The van der Waals surface area contributed by atoms with Crippen LogP contribution in [-0.4, -0.2) is 21.8 Å². The van der Waals surface area contributed by atoms with Gasteiger partial charge in [0.1, 0.15) is 0 Å². The number of hydrogen-bond donors (Lipinski definition) is 0. The van der Waals surface area contributed by atoms with E-state index >= 15 is 0 Å². The summed E-state index contributed by atoms with van der Waals surface area (Å²) in [6.07, 6.45) is 0. The minimum atomic E-state index is -3.04. The normalized spacial score (nSPS) is 12.1. The number of aromatic nitrogens is 3. The van der Waals surface area contributed by atoms with Crippen LogP contribution in [0.3, 0.4) is 0 Å². The molecule has 0 amide bonds. The Morgan fingerprint density at radius 3 is 1.17 bits per heavy atom. The lowest BCUT2D eigenvalue weighted by atomic mass is 10.1. The first-order chi connectivity index (χ1) is 31.8. The molecule has 0 bridgehead atoms. The molecule has 300 valence electrons. The second kappa shape index (κ2) is 14.5. The molecule has 0 aliphatic carbocycles. The first-order valence-electron chi connectivity index (χ1n) is 22.1. The van der Waals surface area contributed by atoms with Gasteiger partial charge in [0.25, 0.3) is 0 Å². The summed E-state index contributed by atoms with van der Waals surface area (Å²) in [5, 5.41) is 12.7. The quantitative estimate of drug-likeness (QED) is 0.112. The van der Waals surface area contributed by atoms with Gasteiger partial charge in [0, 0.05) is 38.0 Å². The standard InChI is InChI=1S/C60H41N3Si/c1-5-22-42(23-6-1)61-52-35-17-15-32-49(52)50-34-21-39-56(60(50)61)63-55-38-20-16-33-51(55)59-57(62-53-36-18-13-30-47(53)48-31-14-19-37-54(48)62)40-46(41-58(59)63)64(43-24-7-2-8-25-43,44-26-9-3-10-27-44)45-28-11-4-12-29-45/h1-41H. The third-order valence-electron chi connectivity index (χ3n) is 13.6. The van der Waals surface area contributed by atoms with E-state index in [2.05, 4.69) is 262 Å².